The third-order valence-corrected chi connectivity index (χ3v) is 4.51. The second kappa shape index (κ2) is 4.04. The molecule has 1 unspecified atom stereocenters. The van der Waals surface area contributed by atoms with Crippen LogP contribution in [0.5, 0.6) is 0 Å². The molecule has 1 saturated heterocycles. The average Bonchev–Trinajstić information content (AvgIpc) is 2.27. The third-order valence-electron chi connectivity index (χ3n) is 2.28. The second-order valence-electron chi connectivity index (χ2n) is 3.13. The zero-order valence-electron chi connectivity index (χ0n) is 8.10. The highest BCUT2D eigenvalue weighted by molar-refractivity contribution is 7.87. The first-order valence-electron chi connectivity index (χ1n) is 4.32. The highest BCUT2D eigenvalue weighted by Gasteiger charge is 2.47. The van der Waals surface area contributed by atoms with Crippen LogP contribution in [-0.4, -0.2) is 42.0 Å². The molecule has 1 heterocycles. The summed E-state index contributed by atoms with van der Waals surface area (Å²) in [6.07, 6.45) is 1.29. The standard InChI is InChI=1S/C7H13ClN2O3S/c1-3-4-6-7(11)10(5-8)14(12,13)9(6)2/h6H,3-5H2,1-2H3. The van der Waals surface area contributed by atoms with Gasteiger partial charge in [-0.3, -0.25) is 4.79 Å². The van der Waals surface area contributed by atoms with Gasteiger partial charge in [0.25, 0.3) is 5.91 Å². The number of nitrogens with zero attached hydrogens (tertiary/aromatic N) is 2. The van der Waals surface area contributed by atoms with Crippen molar-refractivity contribution in [3.05, 3.63) is 0 Å². The van der Waals surface area contributed by atoms with Crippen molar-refractivity contribution >= 4 is 27.7 Å². The van der Waals surface area contributed by atoms with Crippen molar-refractivity contribution in [1.29, 1.82) is 0 Å². The lowest BCUT2D eigenvalue weighted by molar-refractivity contribution is -0.127. The average molecular weight is 241 g/mol. The molecule has 1 aliphatic heterocycles. The van der Waals surface area contributed by atoms with Gasteiger partial charge < -0.3 is 0 Å². The van der Waals surface area contributed by atoms with Crippen molar-refractivity contribution in [1.82, 2.24) is 8.61 Å². The molecule has 0 bridgehead atoms. The number of likely N-dealkylation sites (N-methyl/N-ethyl adjacent to an activating group) is 1. The van der Waals surface area contributed by atoms with E-state index in [1.807, 2.05) is 6.92 Å². The molecule has 0 spiro atoms. The van der Waals surface area contributed by atoms with E-state index in [1.165, 1.54) is 7.05 Å². The van der Waals surface area contributed by atoms with Crippen molar-refractivity contribution in [2.45, 2.75) is 25.8 Å². The predicted molar refractivity (Wildman–Crippen MR) is 52.9 cm³/mol. The van der Waals surface area contributed by atoms with Crippen LogP contribution >= 0.6 is 11.6 Å². The molecule has 1 amide bonds. The number of carbonyl (C=O) groups excluding carboxylic acids is 1. The van der Waals surface area contributed by atoms with Crippen LogP contribution < -0.4 is 0 Å². The van der Waals surface area contributed by atoms with Crippen LogP contribution in [0.2, 0.25) is 0 Å². The van der Waals surface area contributed by atoms with Gasteiger partial charge in [0, 0.05) is 7.05 Å². The first kappa shape index (κ1) is 11.7. The Morgan fingerprint density at radius 2 is 2.07 bits per heavy atom. The van der Waals surface area contributed by atoms with Crippen LogP contribution in [0.4, 0.5) is 0 Å². The molecule has 1 fully saturated rings. The van der Waals surface area contributed by atoms with Gasteiger partial charge in [-0.2, -0.15) is 12.7 Å². The number of alkyl halides is 1. The van der Waals surface area contributed by atoms with Crippen LogP contribution in [0.25, 0.3) is 0 Å². The number of hydrogen-bond donors (Lipinski definition) is 0. The van der Waals surface area contributed by atoms with Crippen LogP contribution in [0.15, 0.2) is 0 Å². The number of carbonyl (C=O) groups is 1. The fourth-order valence-corrected chi connectivity index (χ4v) is 3.24. The molecule has 14 heavy (non-hydrogen) atoms. The van der Waals surface area contributed by atoms with E-state index in [-0.39, 0.29) is 6.00 Å². The SMILES string of the molecule is CCCC1C(=O)N(CCl)S(=O)(=O)N1C. The molecule has 1 aliphatic rings. The van der Waals surface area contributed by atoms with E-state index < -0.39 is 22.2 Å². The Balaban J connectivity index is 3.02. The molecule has 1 rings (SSSR count). The molecule has 0 aromatic carbocycles. The molecular formula is C7H13ClN2O3S. The summed E-state index contributed by atoms with van der Waals surface area (Å²) in [6.45, 7) is 1.90. The molecule has 0 N–H and O–H groups in total. The van der Waals surface area contributed by atoms with Gasteiger partial charge >= 0.3 is 10.2 Å². The minimum atomic E-state index is -3.65. The molecule has 82 valence electrons. The maximum Gasteiger partial charge on any atom is 0.307 e. The van der Waals surface area contributed by atoms with Crippen LogP contribution in [0, 0.1) is 0 Å². The summed E-state index contributed by atoms with van der Waals surface area (Å²) in [6, 6.07) is -0.894. The van der Waals surface area contributed by atoms with Gasteiger partial charge in [0.1, 0.15) is 12.0 Å². The quantitative estimate of drug-likeness (QED) is 0.529. The van der Waals surface area contributed by atoms with Crippen LogP contribution in [0.1, 0.15) is 19.8 Å². The van der Waals surface area contributed by atoms with Gasteiger partial charge in [-0.15, -0.1) is 11.6 Å². The summed E-state index contributed by atoms with van der Waals surface area (Å²) in [5.74, 6) is -0.427. The van der Waals surface area contributed by atoms with Gasteiger partial charge in [0.15, 0.2) is 0 Å². The van der Waals surface area contributed by atoms with E-state index >= 15 is 0 Å². The molecule has 0 aromatic heterocycles. The van der Waals surface area contributed by atoms with E-state index in [9.17, 15) is 13.2 Å². The monoisotopic (exact) mass is 240 g/mol. The normalized spacial score (nSPS) is 27.2. The van der Waals surface area contributed by atoms with E-state index in [4.69, 9.17) is 11.6 Å². The van der Waals surface area contributed by atoms with E-state index in [0.29, 0.717) is 10.7 Å². The van der Waals surface area contributed by atoms with Gasteiger partial charge in [-0.05, 0) is 6.42 Å². The third kappa shape index (κ3) is 1.62. The molecule has 0 aliphatic carbocycles. The minimum absolute atomic E-state index is 0.314. The molecule has 7 heteroatoms. The first-order valence-corrected chi connectivity index (χ1v) is 6.25. The molecule has 0 radical (unpaired) electrons. The highest BCUT2D eigenvalue weighted by atomic mass is 35.5. The second-order valence-corrected chi connectivity index (χ2v) is 5.29. The van der Waals surface area contributed by atoms with Crippen molar-refractivity contribution in [3.63, 3.8) is 0 Å². The Morgan fingerprint density at radius 1 is 1.50 bits per heavy atom. The van der Waals surface area contributed by atoms with Gasteiger partial charge in [-0.1, -0.05) is 13.3 Å². The fourth-order valence-electron chi connectivity index (χ4n) is 1.45. The van der Waals surface area contributed by atoms with E-state index in [0.717, 1.165) is 10.7 Å². The molecular weight excluding hydrogens is 228 g/mol. The minimum Gasteiger partial charge on any atom is -0.272 e. The number of hydrogen-bond acceptors (Lipinski definition) is 3. The Morgan fingerprint density at radius 3 is 2.43 bits per heavy atom. The number of halogens is 1. The summed E-state index contributed by atoms with van der Waals surface area (Å²) < 4.78 is 24.9. The summed E-state index contributed by atoms with van der Waals surface area (Å²) >= 11 is 5.42. The largest absolute Gasteiger partial charge is 0.307 e. The van der Waals surface area contributed by atoms with Crippen molar-refractivity contribution in [3.8, 4) is 0 Å². The maximum absolute atomic E-state index is 11.6. The number of rotatable bonds is 3. The number of amides is 1. The lowest BCUT2D eigenvalue weighted by Crippen LogP contribution is -2.31. The summed E-state index contributed by atoms with van der Waals surface area (Å²) in [5, 5.41) is 0. The Kier molecular flexibility index (Phi) is 3.39. The first-order chi connectivity index (χ1) is 6.46. The predicted octanol–water partition coefficient (Wildman–Crippen LogP) is 0.370. The Bertz CT molecular complexity index is 330. The topological polar surface area (TPSA) is 57.7 Å². The van der Waals surface area contributed by atoms with Gasteiger partial charge in [-0.25, -0.2) is 4.31 Å². The van der Waals surface area contributed by atoms with E-state index in [2.05, 4.69) is 0 Å². The summed E-state index contributed by atoms with van der Waals surface area (Å²) in [5.41, 5.74) is 0. The lowest BCUT2D eigenvalue weighted by atomic mass is 10.1. The van der Waals surface area contributed by atoms with Gasteiger partial charge in [0.2, 0.25) is 0 Å². The fraction of sp³-hybridized carbons (Fsp3) is 0.857. The van der Waals surface area contributed by atoms with Crippen molar-refractivity contribution < 1.29 is 13.2 Å². The Labute approximate surface area is 88.8 Å². The van der Waals surface area contributed by atoms with E-state index in [1.54, 1.807) is 0 Å². The van der Waals surface area contributed by atoms with Gasteiger partial charge in [0.05, 0.1) is 0 Å². The van der Waals surface area contributed by atoms with Crippen LogP contribution in [-0.2, 0) is 15.0 Å². The summed E-state index contributed by atoms with van der Waals surface area (Å²) in [4.78, 5) is 11.6. The van der Waals surface area contributed by atoms with Crippen molar-refractivity contribution in [2.24, 2.45) is 0 Å². The molecule has 0 saturated carbocycles. The lowest BCUT2D eigenvalue weighted by Gasteiger charge is -2.13. The molecule has 1 atom stereocenters. The summed E-state index contributed by atoms with van der Waals surface area (Å²) in [7, 11) is -2.25. The van der Waals surface area contributed by atoms with Crippen molar-refractivity contribution in [2.75, 3.05) is 13.1 Å². The Hall–Kier alpha value is -0.330. The maximum atomic E-state index is 11.6. The zero-order chi connectivity index (χ0) is 10.9. The van der Waals surface area contributed by atoms with Crippen LogP contribution in [0.3, 0.4) is 0 Å². The zero-order valence-corrected chi connectivity index (χ0v) is 9.68. The molecule has 5 nitrogen and oxygen atoms in total. The smallest absolute Gasteiger partial charge is 0.272 e. The highest BCUT2D eigenvalue weighted by Crippen LogP contribution is 2.24. The molecule has 0 aromatic rings.